The summed E-state index contributed by atoms with van der Waals surface area (Å²) in [6.45, 7) is 5.70. The molecular weight excluding hydrogens is 200 g/mol. The molecule has 0 radical (unpaired) electrons. The van der Waals surface area contributed by atoms with E-state index in [-0.39, 0.29) is 6.61 Å². The van der Waals surface area contributed by atoms with Gasteiger partial charge in [-0.1, -0.05) is 13.8 Å². The molecule has 16 heavy (non-hydrogen) atoms. The lowest BCUT2D eigenvalue weighted by atomic mass is 10.0. The third-order valence-electron chi connectivity index (χ3n) is 3.43. The molecule has 0 aromatic carbocycles. The second-order valence-electron chi connectivity index (χ2n) is 4.81. The highest BCUT2D eigenvalue weighted by Crippen LogP contribution is 2.31. The Morgan fingerprint density at radius 2 is 2.38 bits per heavy atom. The van der Waals surface area contributed by atoms with Crippen molar-refractivity contribution in [2.24, 2.45) is 5.92 Å². The van der Waals surface area contributed by atoms with Gasteiger partial charge in [-0.05, 0) is 24.8 Å². The summed E-state index contributed by atoms with van der Waals surface area (Å²) in [5, 5.41) is 9.34. The highest BCUT2D eigenvalue weighted by molar-refractivity contribution is 5.53. The number of rotatable bonds is 3. The lowest BCUT2D eigenvalue weighted by Crippen LogP contribution is -2.34. The van der Waals surface area contributed by atoms with E-state index < -0.39 is 0 Å². The molecule has 0 bridgehead atoms. The summed E-state index contributed by atoms with van der Waals surface area (Å²) in [5.74, 6) is 0.655. The van der Waals surface area contributed by atoms with Crippen molar-refractivity contribution in [3.05, 3.63) is 24.0 Å². The van der Waals surface area contributed by atoms with Crippen molar-refractivity contribution in [3.63, 3.8) is 0 Å². The van der Waals surface area contributed by atoms with Crippen LogP contribution >= 0.6 is 0 Å². The van der Waals surface area contributed by atoms with Crippen molar-refractivity contribution in [2.75, 3.05) is 11.4 Å². The Morgan fingerprint density at radius 3 is 3.06 bits per heavy atom. The summed E-state index contributed by atoms with van der Waals surface area (Å²) in [6.07, 6.45) is 6.08. The van der Waals surface area contributed by atoms with Crippen LogP contribution in [0.25, 0.3) is 0 Å². The SMILES string of the molecule is CC(C)C1CCCN1c1ccncc1CO. The highest BCUT2D eigenvalue weighted by atomic mass is 16.3. The van der Waals surface area contributed by atoms with Gasteiger partial charge in [-0.2, -0.15) is 0 Å². The summed E-state index contributed by atoms with van der Waals surface area (Å²) in [5.41, 5.74) is 2.10. The second-order valence-corrected chi connectivity index (χ2v) is 4.81. The van der Waals surface area contributed by atoms with Crippen LogP contribution in [0.3, 0.4) is 0 Å². The molecule has 0 saturated carbocycles. The number of aromatic nitrogens is 1. The van der Waals surface area contributed by atoms with Crippen molar-refractivity contribution in [2.45, 2.75) is 39.3 Å². The van der Waals surface area contributed by atoms with Crippen LogP contribution in [0.15, 0.2) is 18.5 Å². The maximum Gasteiger partial charge on any atom is 0.0717 e. The Labute approximate surface area is 97.1 Å². The fourth-order valence-corrected chi connectivity index (χ4v) is 2.61. The fraction of sp³-hybridized carbons (Fsp3) is 0.615. The van der Waals surface area contributed by atoms with Crippen LogP contribution in [0.4, 0.5) is 5.69 Å². The van der Waals surface area contributed by atoms with Crippen LogP contribution in [0.5, 0.6) is 0 Å². The van der Waals surface area contributed by atoms with E-state index in [0.29, 0.717) is 12.0 Å². The smallest absolute Gasteiger partial charge is 0.0717 e. The first kappa shape index (κ1) is 11.4. The largest absolute Gasteiger partial charge is 0.392 e. The molecule has 0 aliphatic carbocycles. The van der Waals surface area contributed by atoms with Gasteiger partial charge in [0, 0.05) is 36.2 Å². The summed E-state index contributed by atoms with van der Waals surface area (Å²) >= 11 is 0. The third-order valence-corrected chi connectivity index (χ3v) is 3.43. The van der Waals surface area contributed by atoms with Crippen molar-refractivity contribution in [1.82, 2.24) is 4.98 Å². The van der Waals surface area contributed by atoms with Crippen molar-refractivity contribution in [1.29, 1.82) is 0 Å². The fourth-order valence-electron chi connectivity index (χ4n) is 2.61. The summed E-state index contributed by atoms with van der Waals surface area (Å²) in [4.78, 5) is 6.50. The summed E-state index contributed by atoms with van der Waals surface area (Å²) in [6, 6.07) is 2.62. The quantitative estimate of drug-likeness (QED) is 0.848. The van der Waals surface area contributed by atoms with Gasteiger partial charge >= 0.3 is 0 Å². The molecule has 2 heterocycles. The molecule has 2 rings (SSSR count). The maximum atomic E-state index is 9.34. The van der Waals surface area contributed by atoms with Gasteiger partial charge in [-0.25, -0.2) is 0 Å². The Bertz CT molecular complexity index is 352. The minimum absolute atomic E-state index is 0.0739. The minimum Gasteiger partial charge on any atom is -0.392 e. The Morgan fingerprint density at radius 1 is 1.56 bits per heavy atom. The van der Waals surface area contributed by atoms with E-state index in [0.717, 1.165) is 17.8 Å². The second kappa shape index (κ2) is 4.83. The van der Waals surface area contributed by atoms with Gasteiger partial charge in [0.1, 0.15) is 0 Å². The predicted octanol–water partition coefficient (Wildman–Crippen LogP) is 2.20. The van der Waals surface area contributed by atoms with E-state index in [1.54, 1.807) is 6.20 Å². The highest BCUT2D eigenvalue weighted by Gasteiger charge is 2.28. The Balaban J connectivity index is 2.28. The first-order valence-corrected chi connectivity index (χ1v) is 6.04. The average Bonchev–Trinajstić information content (AvgIpc) is 2.77. The van der Waals surface area contributed by atoms with Gasteiger partial charge in [0.05, 0.1) is 6.61 Å². The Kier molecular flexibility index (Phi) is 3.44. The molecule has 1 atom stereocenters. The summed E-state index contributed by atoms with van der Waals surface area (Å²) in [7, 11) is 0. The number of hydrogen-bond donors (Lipinski definition) is 1. The van der Waals surface area contributed by atoms with Gasteiger partial charge in [0.15, 0.2) is 0 Å². The van der Waals surface area contributed by atoms with Crippen LogP contribution in [-0.4, -0.2) is 22.7 Å². The first-order chi connectivity index (χ1) is 7.74. The molecule has 1 aromatic rings. The zero-order chi connectivity index (χ0) is 11.5. The van der Waals surface area contributed by atoms with Crippen LogP contribution in [0.2, 0.25) is 0 Å². The molecule has 88 valence electrons. The van der Waals surface area contributed by atoms with E-state index >= 15 is 0 Å². The lowest BCUT2D eigenvalue weighted by Gasteiger charge is -2.31. The molecule has 1 N–H and O–H groups in total. The molecular formula is C13H20N2O. The zero-order valence-electron chi connectivity index (χ0n) is 10.1. The van der Waals surface area contributed by atoms with Crippen molar-refractivity contribution < 1.29 is 5.11 Å². The average molecular weight is 220 g/mol. The number of aliphatic hydroxyl groups is 1. The van der Waals surface area contributed by atoms with Crippen LogP contribution < -0.4 is 4.90 Å². The molecule has 1 aliphatic rings. The molecule has 1 unspecified atom stereocenters. The molecule has 3 heteroatoms. The monoisotopic (exact) mass is 220 g/mol. The van der Waals surface area contributed by atoms with Crippen LogP contribution in [0.1, 0.15) is 32.3 Å². The molecule has 1 saturated heterocycles. The van der Waals surface area contributed by atoms with Crippen LogP contribution in [-0.2, 0) is 6.61 Å². The molecule has 0 spiro atoms. The number of pyridine rings is 1. The molecule has 1 fully saturated rings. The Hall–Kier alpha value is -1.09. The van der Waals surface area contributed by atoms with Gasteiger partial charge < -0.3 is 10.0 Å². The number of aliphatic hydroxyl groups excluding tert-OH is 1. The van der Waals surface area contributed by atoms with E-state index in [1.807, 2.05) is 12.3 Å². The first-order valence-electron chi connectivity index (χ1n) is 6.04. The molecule has 1 aliphatic heterocycles. The minimum atomic E-state index is 0.0739. The third kappa shape index (κ3) is 2.05. The lowest BCUT2D eigenvalue weighted by molar-refractivity contribution is 0.281. The van der Waals surface area contributed by atoms with Crippen molar-refractivity contribution >= 4 is 5.69 Å². The van der Waals surface area contributed by atoms with Crippen molar-refractivity contribution in [3.8, 4) is 0 Å². The predicted molar refractivity (Wildman–Crippen MR) is 65.4 cm³/mol. The topological polar surface area (TPSA) is 36.4 Å². The normalized spacial score (nSPS) is 20.8. The zero-order valence-corrected chi connectivity index (χ0v) is 10.1. The van der Waals surface area contributed by atoms with E-state index in [1.165, 1.54) is 12.8 Å². The van der Waals surface area contributed by atoms with E-state index in [9.17, 15) is 5.11 Å². The summed E-state index contributed by atoms with van der Waals surface area (Å²) < 4.78 is 0. The maximum absolute atomic E-state index is 9.34. The van der Waals surface area contributed by atoms with Gasteiger partial charge in [-0.3, -0.25) is 4.98 Å². The van der Waals surface area contributed by atoms with E-state index in [4.69, 9.17) is 0 Å². The van der Waals surface area contributed by atoms with E-state index in [2.05, 4.69) is 23.7 Å². The molecule has 0 amide bonds. The van der Waals surface area contributed by atoms with Gasteiger partial charge in [0.25, 0.3) is 0 Å². The van der Waals surface area contributed by atoms with Crippen LogP contribution in [0, 0.1) is 5.92 Å². The standard InChI is InChI=1S/C13H20N2O/c1-10(2)12-4-3-7-15(12)13-5-6-14-8-11(13)9-16/h5-6,8,10,12,16H,3-4,7,9H2,1-2H3. The van der Waals surface area contributed by atoms with Gasteiger partial charge in [0.2, 0.25) is 0 Å². The number of hydrogen-bond acceptors (Lipinski definition) is 3. The number of anilines is 1. The molecule has 3 nitrogen and oxygen atoms in total. The van der Waals surface area contributed by atoms with Gasteiger partial charge in [-0.15, -0.1) is 0 Å². The number of nitrogens with zero attached hydrogens (tertiary/aromatic N) is 2. The molecule has 1 aromatic heterocycles.